The van der Waals surface area contributed by atoms with Gasteiger partial charge in [-0.3, -0.25) is 9.69 Å². The Hall–Kier alpha value is -0.650. The molecule has 0 radical (unpaired) electrons. The lowest BCUT2D eigenvalue weighted by Crippen LogP contribution is -2.45. The zero-order chi connectivity index (χ0) is 13.4. The molecule has 2 N–H and O–H groups in total. The number of rotatable bonds is 3. The van der Waals surface area contributed by atoms with E-state index in [0.717, 1.165) is 6.42 Å². The molecular formula is C13H23NO4. The highest BCUT2D eigenvalue weighted by molar-refractivity contribution is 5.72. The van der Waals surface area contributed by atoms with E-state index in [1.165, 1.54) is 0 Å². The fourth-order valence-corrected chi connectivity index (χ4v) is 2.99. The first-order valence-electron chi connectivity index (χ1n) is 6.74. The number of fused-ring (bicyclic) bond motifs is 2. The van der Waals surface area contributed by atoms with Crippen molar-refractivity contribution in [3.63, 3.8) is 0 Å². The van der Waals surface area contributed by atoms with E-state index < -0.39 is 18.3 Å². The van der Waals surface area contributed by atoms with E-state index in [-0.39, 0.29) is 24.0 Å². The van der Waals surface area contributed by atoms with Crippen LogP contribution < -0.4 is 0 Å². The van der Waals surface area contributed by atoms with Crippen molar-refractivity contribution in [1.82, 2.24) is 4.90 Å². The summed E-state index contributed by atoms with van der Waals surface area (Å²) in [4.78, 5) is 13.9. The Bertz CT molecular complexity index is 322. The minimum absolute atomic E-state index is 0.0678. The molecule has 5 nitrogen and oxygen atoms in total. The molecule has 2 rings (SSSR count). The lowest BCUT2D eigenvalue weighted by Gasteiger charge is -2.34. The molecule has 0 aromatic heterocycles. The summed E-state index contributed by atoms with van der Waals surface area (Å²) in [7, 11) is 1.92. The molecule has 0 saturated carbocycles. The summed E-state index contributed by atoms with van der Waals surface area (Å²) in [5.74, 6) is -0.398. The standard InChI is InChI=1S/C13H23NO4/c1-4-7(2)13(17)18-12-10-6-8(15)5-9(11(12)16)14(10)3/h7-12,15-16H,4-6H2,1-3H3/t7?,8?,9-,10+,11?,12?/m0/s1. The number of piperidine rings is 1. The molecule has 0 aromatic rings. The van der Waals surface area contributed by atoms with Crippen molar-refractivity contribution in [1.29, 1.82) is 0 Å². The Balaban J connectivity index is 2.07. The number of esters is 1. The van der Waals surface area contributed by atoms with Crippen molar-refractivity contribution in [2.24, 2.45) is 5.92 Å². The Labute approximate surface area is 108 Å². The van der Waals surface area contributed by atoms with Gasteiger partial charge in [-0.15, -0.1) is 0 Å². The average molecular weight is 257 g/mol. The van der Waals surface area contributed by atoms with Gasteiger partial charge in [0, 0.05) is 6.04 Å². The second kappa shape index (κ2) is 5.15. The summed E-state index contributed by atoms with van der Waals surface area (Å²) in [5.41, 5.74) is 0. The highest BCUT2D eigenvalue weighted by Gasteiger charge is 2.52. The van der Waals surface area contributed by atoms with Gasteiger partial charge in [0.1, 0.15) is 12.2 Å². The number of carbonyl (C=O) groups is 1. The first-order valence-corrected chi connectivity index (χ1v) is 6.74. The zero-order valence-corrected chi connectivity index (χ0v) is 11.2. The van der Waals surface area contributed by atoms with Gasteiger partial charge in [-0.2, -0.15) is 0 Å². The number of carbonyl (C=O) groups excluding carboxylic acids is 1. The van der Waals surface area contributed by atoms with Gasteiger partial charge in [0.2, 0.25) is 0 Å². The molecule has 0 aromatic carbocycles. The van der Waals surface area contributed by atoms with Crippen LogP contribution in [-0.2, 0) is 9.53 Å². The molecule has 104 valence electrons. The highest BCUT2D eigenvalue weighted by Crippen LogP contribution is 2.36. The zero-order valence-electron chi connectivity index (χ0n) is 11.2. The van der Waals surface area contributed by atoms with Crippen LogP contribution in [0, 0.1) is 5.92 Å². The van der Waals surface area contributed by atoms with Crippen LogP contribution in [0.1, 0.15) is 33.1 Å². The predicted octanol–water partition coefficient (Wildman–Crippen LogP) is 0.142. The number of hydrogen-bond donors (Lipinski definition) is 2. The Kier molecular flexibility index (Phi) is 3.94. The van der Waals surface area contributed by atoms with Crippen molar-refractivity contribution in [2.75, 3.05) is 7.05 Å². The largest absolute Gasteiger partial charge is 0.458 e. The van der Waals surface area contributed by atoms with E-state index in [0.29, 0.717) is 12.8 Å². The number of aliphatic hydroxyl groups excluding tert-OH is 2. The second-order valence-electron chi connectivity index (χ2n) is 5.63. The van der Waals surface area contributed by atoms with Crippen LogP contribution in [0.2, 0.25) is 0 Å². The predicted molar refractivity (Wildman–Crippen MR) is 65.9 cm³/mol. The highest BCUT2D eigenvalue weighted by atomic mass is 16.6. The quantitative estimate of drug-likeness (QED) is 0.704. The van der Waals surface area contributed by atoms with Gasteiger partial charge < -0.3 is 14.9 Å². The van der Waals surface area contributed by atoms with Crippen molar-refractivity contribution in [2.45, 2.75) is 63.5 Å². The average Bonchev–Trinajstić information content (AvgIpc) is 2.49. The normalized spacial score (nSPS) is 41.7. The monoisotopic (exact) mass is 257 g/mol. The molecule has 2 saturated heterocycles. The molecular weight excluding hydrogens is 234 g/mol. The summed E-state index contributed by atoms with van der Waals surface area (Å²) in [6.07, 6.45) is 0.240. The summed E-state index contributed by atoms with van der Waals surface area (Å²) in [6, 6.07) is -0.171. The number of ether oxygens (including phenoxy) is 1. The first kappa shape index (κ1) is 13.8. The third-order valence-electron chi connectivity index (χ3n) is 4.45. The Morgan fingerprint density at radius 3 is 2.61 bits per heavy atom. The second-order valence-corrected chi connectivity index (χ2v) is 5.63. The third-order valence-corrected chi connectivity index (χ3v) is 4.45. The van der Waals surface area contributed by atoms with Crippen LogP contribution in [-0.4, -0.2) is 58.5 Å². The summed E-state index contributed by atoms with van der Waals surface area (Å²) >= 11 is 0. The van der Waals surface area contributed by atoms with Crippen LogP contribution in [0.25, 0.3) is 0 Å². The maximum absolute atomic E-state index is 11.8. The Morgan fingerprint density at radius 2 is 2.00 bits per heavy atom. The van der Waals surface area contributed by atoms with E-state index in [1.807, 2.05) is 25.8 Å². The molecule has 6 atom stereocenters. The molecule has 4 unspecified atom stereocenters. The Morgan fingerprint density at radius 1 is 1.39 bits per heavy atom. The van der Waals surface area contributed by atoms with Crippen LogP contribution in [0.15, 0.2) is 0 Å². The van der Waals surface area contributed by atoms with Crippen molar-refractivity contribution in [3.05, 3.63) is 0 Å². The van der Waals surface area contributed by atoms with Gasteiger partial charge in [0.25, 0.3) is 0 Å². The van der Waals surface area contributed by atoms with Gasteiger partial charge in [-0.05, 0) is 26.3 Å². The van der Waals surface area contributed by atoms with E-state index in [9.17, 15) is 15.0 Å². The fraction of sp³-hybridized carbons (Fsp3) is 0.923. The molecule has 2 heterocycles. The minimum atomic E-state index is -0.690. The topological polar surface area (TPSA) is 70.0 Å². The number of hydrogen-bond acceptors (Lipinski definition) is 5. The van der Waals surface area contributed by atoms with Crippen molar-refractivity contribution < 1.29 is 19.7 Å². The van der Waals surface area contributed by atoms with E-state index >= 15 is 0 Å². The maximum atomic E-state index is 11.8. The van der Waals surface area contributed by atoms with Gasteiger partial charge >= 0.3 is 5.97 Å². The molecule has 0 aliphatic carbocycles. The molecule has 2 bridgehead atoms. The SMILES string of the molecule is CCC(C)C(=O)OC1C(O)[C@@H]2CC(O)C[C@H]1N2C. The van der Waals surface area contributed by atoms with E-state index in [2.05, 4.69) is 0 Å². The number of likely N-dealkylation sites (N-methyl/N-ethyl adjacent to an activating group) is 1. The first-order chi connectivity index (χ1) is 8.45. The lowest BCUT2D eigenvalue weighted by atomic mass is 10.0. The van der Waals surface area contributed by atoms with Crippen LogP contribution in [0.3, 0.4) is 0 Å². The maximum Gasteiger partial charge on any atom is 0.309 e. The fourth-order valence-electron chi connectivity index (χ4n) is 2.99. The summed E-state index contributed by atoms with van der Waals surface area (Å²) in [5, 5.41) is 20.0. The minimum Gasteiger partial charge on any atom is -0.458 e. The molecule has 0 amide bonds. The van der Waals surface area contributed by atoms with Gasteiger partial charge in [-0.1, -0.05) is 13.8 Å². The van der Waals surface area contributed by atoms with E-state index in [4.69, 9.17) is 4.74 Å². The molecule has 2 aliphatic rings. The smallest absolute Gasteiger partial charge is 0.309 e. The summed E-state index contributed by atoms with van der Waals surface area (Å²) in [6.45, 7) is 3.76. The van der Waals surface area contributed by atoms with E-state index in [1.54, 1.807) is 0 Å². The molecule has 2 aliphatic heterocycles. The van der Waals surface area contributed by atoms with Gasteiger partial charge in [0.05, 0.1) is 18.1 Å². The molecule has 5 heteroatoms. The van der Waals surface area contributed by atoms with Crippen molar-refractivity contribution >= 4 is 5.97 Å². The number of aliphatic hydroxyl groups is 2. The molecule has 2 fully saturated rings. The van der Waals surface area contributed by atoms with Crippen LogP contribution in [0.5, 0.6) is 0 Å². The number of nitrogens with zero attached hydrogens (tertiary/aromatic N) is 1. The summed E-state index contributed by atoms with van der Waals surface area (Å²) < 4.78 is 5.47. The lowest BCUT2D eigenvalue weighted by molar-refractivity contribution is -0.159. The van der Waals surface area contributed by atoms with Gasteiger partial charge in [0.15, 0.2) is 0 Å². The third kappa shape index (κ3) is 2.27. The van der Waals surface area contributed by atoms with Crippen LogP contribution in [0.4, 0.5) is 0 Å². The molecule has 0 spiro atoms. The van der Waals surface area contributed by atoms with Crippen molar-refractivity contribution in [3.8, 4) is 0 Å². The van der Waals surface area contributed by atoms with Gasteiger partial charge in [-0.25, -0.2) is 0 Å². The van der Waals surface area contributed by atoms with Crippen LogP contribution >= 0.6 is 0 Å². The molecule has 18 heavy (non-hydrogen) atoms.